The van der Waals surface area contributed by atoms with Crippen molar-refractivity contribution in [3.8, 4) is 11.4 Å². The number of benzene rings is 2. The fourth-order valence-corrected chi connectivity index (χ4v) is 3.84. The highest BCUT2D eigenvalue weighted by Crippen LogP contribution is 2.21. The van der Waals surface area contributed by atoms with Crippen LogP contribution in [0, 0.1) is 0 Å². The average molecular weight is 415 g/mol. The molecule has 1 amide bonds. The van der Waals surface area contributed by atoms with Crippen molar-refractivity contribution in [2.45, 2.75) is 12.5 Å². The summed E-state index contributed by atoms with van der Waals surface area (Å²) in [7, 11) is 0. The number of carbonyl (C=O) groups is 1. The van der Waals surface area contributed by atoms with E-state index in [1.807, 2.05) is 53.4 Å². The molecule has 156 valence electrons. The van der Waals surface area contributed by atoms with E-state index in [4.69, 9.17) is 4.74 Å². The van der Waals surface area contributed by atoms with Gasteiger partial charge in [-0.1, -0.05) is 24.3 Å². The lowest BCUT2D eigenvalue weighted by Crippen LogP contribution is -2.50. The molecule has 1 aliphatic rings. The van der Waals surface area contributed by atoms with Crippen LogP contribution in [-0.2, 0) is 11.2 Å². The molecule has 2 aromatic carbocycles. The lowest BCUT2D eigenvalue weighted by Gasteiger charge is -2.36. The molecule has 1 saturated heterocycles. The zero-order chi connectivity index (χ0) is 21.0. The molecule has 4 aromatic rings. The molecular formula is C22H21N7O2. The van der Waals surface area contributed by atoms with Crippen LogP contribution in [0.5, 0.6) is 0 Å². The maximum absolute atomic E-state index is 13.5. The summed E-state index contributed by atoms with van der Waals surface area (Å²) in [6, 6.07) is 15.3. The van der Waals surface area contributed by atoms with Crippen LogP contribution in [0.25, 0.3) is 11.4 Å². The monoisotopic (exact) mass is 415 g/mol. The fraction of sp³-hybridized carbons (Fsp3) is 0.227. The summed E-state index contributed by atoms with van der Waals surface area (Å²) < 4.78 is 5.72. The third kappa shape index (κ3) is 3.95. The number of rotatable bonds is 5. The number of morpholine rings is 1. The van der Waals surface area contributed by atoms with Crippen molar-refractivity contribution in [2.24, 2.45) is 0 Å². The highest BCUT2D eigenvalue weighted by molar-refractivity contribution is 5.98. The van der Waals surface area contributed by atoms with Crippen molar-refractivity contribution in [3.05, 3.63) is 84.4 Å². The average Bonchev–Trinajstić information content (AvgIpc) is 3.54. The molecule has 0 radical (unpaired) electrons. The van der Waals surface area contributed by atoms with E-state index in [2.05, 4.69) is 20.4 Å². The molecule has 0 saturated carbocycles. The van der Waals surface area contributed by atoms with E-state index in [9.17, 15) is 4.79 Å². The van der Waals surface area contributed by atoms with Gasteiger partial charge >= 0.3 is 0 Å². The van der Waals surface area contributed by atoms with Gasteiger partial charge in [-0.2, -0.15) is 30.0 Å². The van der Waals surface area contributed by atoms with Crippen LogP contribution in [0.15, 0.2) is 73.3 Å². The number of nitrogens with zero attached hydrogens (tertiary/aromatic N) is 7. The molecule has 0 aliphatic carbocycles. The summed E-state index contributed by atoms with van der Waals surface area (Å²) in [6.07, 6.45) is 7.16. The highest BCUT2D eigenvalue weighted by Gasteiger charge is 2.30. The molecule has 3 heterocycles. The van der Waals surface area contributed by atoms with E-state index < -0.39 is 0 Å². The van der Waals surface area contributed by atoms with Crippen LogP contribution >= 0.6 is 0 Å². The van der Waals surface area contributed by atoms with Crippen molar-refractivity contribution in [1.82, 2.24) is 34.9 Å². The standard InChI is InChI=1S/C22H21N7O2/c30-22(20-6-1-2-7-21(20)29-25-10-11-26-29)27-12-13-31-16-19(27)15-17-4-3-5-18(14-17)28-23-8-9-24-28/h1-11,14,19H,12-13,15-16H2/t19-/m1/s1. The van der Waals surface area contributed by atoms with Crippen LogP contribution in [0.1, 0.15) is 15.9 Å². The van der Waals surface area contributed by atoms with Crippen molar-refractivity contribution in [2.75, 3.05) is 19.8 Å². The van der Waals surface area contributed by atoms with Gasteiger partial charge in [0, 0.05) is 6.54 Å². The summed E-state index contributed by atoms with van der Waals surface area (Å²) in [5.74, 6) is -0.0499. The Morgan fingerprint density at radius 1 is 0.935 bits per heavy atom. The van der Waals surface area contributed by atoms with Gasteiger partial charge in [0.25, 0.3) is 5.91 Å². The lowest BCUT2D eigenvalue weighted by molar-refractivity contribution is -0.00165. The van der Waals surface area contributed by atoms with E-state index in [0.717, 1.165) is 11.3 Å². The normalized spacial score (nSPS) is 16.4. The Hall–Kier alpha value is -3.85. The van der Waals surface area contributed by atoms with Crippen molar-refractivity contribution >= 4 is 5.91 Å². The smallest absolute Gasteiger partial charge is 0.256 e. The summed E-state index contributed by atoms with van der Waals surface area (Å²) in [5.41, 5.74) is 3.20. The number of ether oxygens (including phenoxy) is 1. The first-order chi connectivity index (χ1) is 15.3. The van der Waals surface area contributed by atoms with Crippen molar-refractivity contribution in [1.29, 1.82) is 0 Å². The van der Waals surface area contributed by atoms with E-state index in [1.54, 1.807) is 29.6 Å². The predicted octanol–water partition coefficient (Wildman–Crippen LogP) is 1.93. The Labute approximate surface area is 178 Å². The first-order valence-corrected chi connectivity index (χ1v) is 10.1. The minimum atomic E-state index is -0.0827. The van der Waals surface area contributed by atoms with Crippen molar-refractivity contribution < 1.29 is 9.53 Å². The quantitative estimate of drug-likeness (QED) is 0.495. The Morgan fingerprint density at radius 3 is 2.48 bits per heavy atom. The number of aromatic nitrogens is 6. The molecule has 1 aliphatic heterocycles. The molecule has 2 aromatic heterocycles. The number of para-hydroxylation sites is 1. The zero-order valence-electron chi connectivity index (χ0n) is 16.8. The molecular weight excluding hydrogens is 394 g/mol. The molecule has 1 atom stereocenters. The molecule has 0 N–H and O–H groups in total. The Morgan fingerprint density at radius 2 is 1.68 bits per heavy atom. The molecule has 9 heteroatoms. The van der Waals surface area contributed by atoms with Crippen LogP contribution in [0.2, 0.25) is 0 Å². The Kier molecular flexibility index (Phi) is 5.24. The minimum Gasteiger partial charge on any atom is -0.377 e. The van der Waals surface area contributed by atoms with Gasteiger partial charge in [0.05, 0.1) is 61.0 Å². The zero-order valence-corrected chi connectivity index (χ0v) is 16.8. The SMILES string of the molecule is O=C(c1ccccc1-n1nccn1)N1CCOC[C@H]1Cc1cccc(-n2nccn2)c1. The van der Waals surface area contributed by atoms with Gasteiger partial charge in [0.2, 0.25) is 0 Å². The fourth-order valence-electron chi connectivity index (χ4n) is 3.84. The number of carbonyl (C=O) groups excluding carboxylic acids is 1. The largest absolute Gasteiger partial charge is 0.377 e. The molecule has 0 unspecified atom stereocenters. The van der Waals surface area contributed by atoms with Crippen LogP contribution in [0.3, 0.4) is 0 Å². The van der Waals surface area contributed by atoms with Crippen LogP contribution in [-0.4, -0.2) is 66.6 Å². The molecule has 0 spiro atoms. The van der Waals surface area contributed by atoms with Gasteiger partial charge in [-0.3, -0.25) is 4.79 Å². The second-order valence-corrected chi connectivity index (χ2v) is 7.26. The second-order valence-electron chi connectivity index (χ2n) is 7.26. The molecule has 0 bridgehead atoms. The number of amides is 1. The maximum atomic E-state index is 13.5. The summed E-state index contributed by atoms with van der Waals surface area (Å²) in [5, 5.41) is 16.8. The minimum absolute atomic E-state index is 0.0499. The number of hydrogen-bond donors (Lipinski definition) is 0. The topological polar surface area (TPSA) is 91.0 Å². The van der Waals surface area contributed by atoms with Gasteiger partial charge in [-0.05, 0) is 36.2 Å². The van der Waals surface area contributed by atoms with Gasteiger partial charge in [-0.25, -0.2) is 0 Å². The summed E-state index contributed by atoms with van der Waals surface area (Å²) in [6.45, 7) is 1.53. The first-order valence-electron chi connectivity index (χ1n) is 10.1. The van der Waals surface area contributed by atoms with E-state index >= 15 is 0 Å². The molecule has 1 fully saturated rings. The second kappa shape index (κ2) is 8.49. The molecule has 5 rings (SSSR count). The van der Waals surface area contributed by atoms with Gasteiger partial charge < -0.3 is 9.64 Å². The van der Waals surface area contributed by atoms with E-state index in [-0.39, 0.29) is 11.9 Å². The van der Waals surface area contributed by atoms with Gasteiger partial charge in [-0.15, -0.1) is 0 Å². The number of hydrogen-bond acceptors (Lipinski definition) is 6. The third-order valence-electron chi connectivity index (χ3n) is 5.29. The maximum Gasteiger partial charge on any atom is 0.256 e. The Bertz CT molecular complexity index is 1160. The van der Waals surface area contributed by atoms with Gasteiger partial charge in [0.15, 0.2) is 0 Å². The van der Waals surface area contributed by atoms with E-state index in [0.29, 0.717) is 37.4 Å². The third-order valence-corrected chi connectivity index (χ3v) is 5.29. The summed E-state index contributed by atoms with van der Waals surface area (Å²) in [4.78, 5) is 18.5. The van der Waals surface area contributed by atoms with Crippen molar-refractivity contribution in [3.63, 3.8) is 0 Å². The van der Waals surface area contributed by atoms with Gasteiger partial charge in [0.1, 0.15) is 0 Å². The predicted molar refractivity (Wildman–Crippen MR) is 112 cm³/mol. The highest BCUT2D eigenvalue weighted by atomic mass is 16.5. The Balaban J connectivity index is 1.41. The molecule has 31 heavy (non-hydrogen) atoms. The molecule has 9 nitrogen and oxygen atoms in total. The van der Waals surface area contributed by atoms with Crippen LogP contribution in [0.4, 0.5) is 0 Å². The van der Waals surface area contributed by atoms with Crippen LogP contribution < -0.4 is 0 Å². The first kappa shape index (κ1) is 19.1. The summed E-state index contributed by atoms with van der Waals surface area (Å²) >= 11 is 0. The lowest BCUT2D eigenvalue weighted by atomic mass is 10.0. The van der Waals surface area contributed by atoms with E-state index in [1.165, 1.54) is 4.80 Å².